The van der Waals surface area contributed by atoms with Crippen LogP contribution in [0.15, 0.2) is 29.6 Å². The van der Waals surface area contributed by atoms with E-state index in [1.807, 2.05) is 0 Å². The molecule has 0 aliphatic carbocycles. The monoisotopic (exact) mass is 291 g/mol. The first kappa shape index (κ1) is 13.3. The van der Waals surface area contributed by atoms with Gasteiger partial charge in [-0.3, -0.25) is 4.90 Å². The van der Waals surface area contributed by atoms with Gasteiger partial charge in [0.15, 0.2) is 0 Å². The van der Waals surface area contributed by atoms with Crippen molar-refractivity contribution in [2.24, 2.45) is 0 Å². The van der Waals surface area contributed by atoms with E-state index in [2.05, 4.69) is 16.3 Å². The molecule has 0 fully saturated rings. The summed E-state index contributed by atoms with van der Waals surface area (Å²) in [5.41, 5.74) is 1.86. The Bertz CT molecular complexity index is 653. The fraction of sp³-hybridized carbons (Fsp3) is 0.267. The van der Waals surface area contributed by atoms with Crippen LogP contribution < -0.4 is 0 Å². The Kier molecular flexibility index (Phi) is 3.54. The van der Waals surface area contributed by atoms with Crippen molar-refractivity contribution in [2.45, 2.75) is 19.5 Å². The molecule has 0 spiro atoms. The lowest BCUT2D eigenvalue weighted by Gasteiger charge is -2.27. The van der Waals surface area contributed by atoms with Gasteiger partial charge in [0.2, 0.25) is 0 Å². The molecular weight excluding hydrogens is 277 g/mol. The third-order valence-electron chi connectivity index (χ3n) is 3.58. The van der Waals surface area contributed by atoms with Gasteiger partial charge < -0.3 is 5.11 Å². The minimum absolute atomic E-state index is 0.00925. The molecular formula is C15H14FNO2S. The summed E-state index contributed by atoms with van der Waals surface area (Å²) in [6.07, 6.45) is 1.00. The van der Waals surface area contributed by atoms with Crippen molar-refractivity contribution in [1.29, 1.82) is 0 Å². The van der Waals surface area contributed by atoms with Crippen molar-refractivity contribution >= 4 is 17.3 Å². The maximum absolute atomic E-state index is 13.9. The van der Waals surface area contributed by atoms with E-state index in [1.165, 1.54) is 16.5 Å². The van der Waals surface area contributed by atoms with Crippen LogP contribution in [0.1, 0.15) is 26.4 Å². The Morgan fingerprint density at radius 3 is 3.00 bits per heavy atom. The number of benzene rings is 1. The molecule has 0 radical (unpaired) electrons. The van der Waals surface area contributed by atoms with Crippen molar-refractivity contribution in [3.05, 3.63) is 57.0 Å². The first-order valence-corrected chi connectivity index (χ1v) is 7.31. The zero-order valence-corrected chi connectivity index (χ0v) is 11.6. The van der Waals surface area contributed by atoms with Gasteiger partial charge in [0, 0.05) is 30.1 Å². The van der Waals surface area contributed by atoms with Gasteiger partial charge in [-0.25, -0.2) is 9.18 Å². The molecule has 3 nitrogen and oxygen atoms in total. The minimum Gasteiger partial charge on any atom is -0.478 e. The molecule has 5 heteroatoms. The predicted molar refractivity (Wildman–Crippen MR) is 75.5 cm³/mol. The highest BCUT2D eigenvalue weighted by Gasteiger charge is 2.18. The molecule has 0 saturated heterocycles. The summed E-state index contributed by atoms with van der Waals surface area (Å²) in [6, 6.07) is 6.25. The summed E-state index contributed by atoms with van der Waals surface area (Å²) in [6.45, 7) is 2.26. The van der Waals surface area contributed by atoms with Gasteiger partial charge in [-0.15, -0.1) is 11.3 Å². The van der Waals surface area contributed by atoms with E-state index in [4.69, 9.17) is 5.11 Å². The second-order valence-corrected chi connectivity index (χ2v) is 5.94. The molecule has 1 aliphatic heterocycles. The van der Waals surface area contributed by atoms with Crippen LogP contribution in [0.25, 0.3) is 0 Å². The highest BCUT2D eigenvalue weighted by molar-refractivity contribution is 7.10. The molecule has 0 bridgehead atoms. The largest absolute Gasteiger partial charge is 0.478 e. The SMILES string of the molecule is O=C(O)c1ccc(CN2CCc3sccc3C2)c(F)c1. The third-order valence-corrected chi connectivity index (χ3v) is 4.60. The Hall–Kier alpha value is -1.72. The standard InChI is InChI=1S/C15H14FNO2S/c16-13-7-10(15(18)19)1-2-11(13)8-17-5-3-14-12(9-17)4-6-20-14/h1-2,4,6-7H,3,5,8-9H2,(H,18,19). The van der Waals surface area contributed by atoms with Gasteiger partial charge in [0.05, 0.1) is 5.56 Å². The molecule has 20 heavy (non-hydrogen) atoms. The summed E-state index contributed by atoms with van der Waals surface area (Å²) in [5.74, 6) is -1.54. The van der Waals surface area contributed by atoms with E-state index in [0.29, 0.717) is 12.1 Å². The van der Waals surface area contributed by atoms with Gasteiger partial charge in [0.25, 0.3) is 0 Å². The average Bonchev–Trinajstić information content (AvgIpc) is 2.88. The number of halogens is 1. The molecule has 0 unspecified atom stereocenters. The van der Waals surface area contributed by atoms with E-state index < -0.39 is 11.8 Å². The van der Waals surface area contributed by atoms with Crippen molar-refractivity contribution in [3.8, 4) is 0 Å². The Balaban J connectivity index is 1.74. The van der Waals surface area contributed by atoms with E-state index >= 15 is 0 Å². The summed E-state index contributed by atoms with van der Waals surface area (Å²) in [5, 5.41) is 10.9. The van der Waals surface area contributed by atoms with Crippen LogP contribution in [0.2, 0.25) is 0 Å². The number of aromatic carboxylic acids is 1. The smallest absolute Gasteiger partial charge is 0.335 e. The maximum Gasteiger partial charge on any atom is 0.335 e. The highest BCUT2D eigenvalue weighted by Crippen LogP contribution is 2.25. The number of carbonyl (C=O) groups is 1. The van der Waals surface area contributed by atoms with Crippen molar-refractivity contribution in [3.63, 3.8) is 0 Å². The first-order chi connectivity index (χ1) is 9.63. The molecule has 0 atom stereocenters. The Morgan fingerprint density at radius 2 is 2.25 bits per heavy atom. The van der Waals surface area contributed by atoms with Gasteiger partial charge in [-0.05, 0) is 35.6 Å². The fourth-order valence-corrected chi connectivity index (χ4v) is 3.38. The molecule has 0 saturated carbocycles. The molecule has 2 heterocycles. The first-order valence-electron chi connectivity index (χ1n) is 6.43. The second-order valence-electron chi connectivity index (χ2n) is 4.94. The van der Waals surface area contributed by atoms with Gasteiger partial charge in [0.1, 0.15) is 5.82 Å². The summed E-state index contributed by atoms with van der Waals surface area (Å²) >= 11 is 1.78. The van der Waals surface area contributed by atoms with Crippen LogP contribution in [0.5, 0.6) is 0 Å². The van der Waals surface area contributed by atoms with E-state index in [-0.39, 0.29) is 5.56 Å². The molecule has 0 amide bonds. The Morgan fingerprint density at radius 1 is 1.40 bits per heavy atom. The molecule has 3 rings (SSSR count). The summed E-state index contributed by atoms with van der Waals surface area (Å²) in [4.78, 5) is 14.4. The second kappa shape index (κ2) is 5.34. The summed E-state index contributed by atoms with van der Waals surface area (Å²) in [7, 11) is 0. The van der Waals surface area contributed by atoms with E-state index in [0.717, 1.165) is 25.6 Å². The molecule has 104 valence electrons. The quantitative estimate of drug-likeness (QED) is 0.944. The van der Waals surface area contributed by atoms with Crippen LogP contribution >= 0.6 is 11.3 Å². The van der Waals surface area contributed by atoms with Crippen LogP contribution in [-0.2, 0) is 19.5 Å². The molecule has 1 N–H and O–H groups in total. The molecule has 1 aromatic heterocycles. The molecule has 1 aromatic carbocycles. The van der Waals surface area contributed by atoms with Crippen LogP contribution in [0, 0.1) is 5.82 Å². The zero-order valence-electron chi connectivity index (χ0n) is 10.8. The number of hydrogen-bond acceptors (Lipinski definition) is 3. The number of thiophene rings is 1. The number of rotatable bonds is 3. The van der Waals surface area contributed by atoms with Crippen LogP contribution in [0.4, 0.5) is 4.39 Å². The maximum atomic E-state index is 13.9. The third kappa shape index (κ3) is 2.59. The molecule has 1 aliphatic rings. The lowest BCUT2D eigenvalue weighted by molar-refractivity contribution is 0.0696. The van der Waals surface area contributed by atoms with Gasteiger partial charge in [-0.1, -0.05) is 6.07 Å². The average molecular weight is 291 g/mol. The van der Waals surface area contributed by atoms with Crippen molar-refractivity contribution in [1.82, 2.24) is 4.90 Å². The fourth-order valence-electron chi connectivity index (χ4n) is 2.49. The minimum atomic E-state index is -1.10. The van der Waals surface area contributed by atoms with E-state index in [9.17, 15) is 9.18 Å². The van der Waals surface area contributed by atoms with Crippen molar-refractivity contribution < 1.29 is 14.3 Å². The van der Waals surface area contributed by atoms with Gasteiger partial charge in [-0.2, -0.15) is 0 Å². The number of fused-ring (bicyclic) bond motifs is 1. The number of hydrogen-bond donors (Lipinski definition) is 1. The zero-order chi connectivity index (χ0) is 14.1. The lowest BCUT2D eigenvalue weighted by Crippen LogP contribution is -2.29. The predicted octanol–water partition coefficient (Wildman–Crippen LogP) is 3.14. The van der Waals surface area contributed by atoms with Crippen LogP contribution in [0.3, 0.4) is 0 Å². The van der Waals surface area contributed by atoms with Gasteiger partial charge >= 0.3 is 5.97 Å². The number of carboxylic acids is 1. The summed E-state index contributed by atoms with van der Waals surface area (Å²) < 4.78 is 13.9. The topological polar surface area (TPSA) is 40.5 Å². The van der Waals surface area contributed by atoms with Crippen molar-refractivity contribution in [2.75, 3.05) is 6.54 Å². The number of nitrogens with zero attached hydrogens (tertiary/aromatic N) is 1. The highest BCUT2D eigenvalue weighted by atomic mass is 32.1. The normalized spacial score (nSPS) is 15.1. The van der Waals surface area contributed by atoms with Crippen LogP contribution in [-0.4, -0.2) is 22.5 Å². The Labute approximate surface area is 120 Å². The molecule has 2 aromatic rings. The number of carboxylic acid groups (broad SMARTS) is 1. The lowest BCUT2D eigenvalue weighted by atomic mass is 10.1. The van der Waals surface area contributed by atoms with E-state index in [1.54, 1.807) is 17.4 Å².